The molecule has 0 aliphatic rings. The Morgan fingerprint density at radius 1 is 1.26 bits per heavy atom. The van der Waals surface area contributed by atoms with Gasteiger partial charge in [-0.15, -0.1) is 0 Å². The summed E-state index contributed by atoms with van der Waals surface area (Å²) in [6, 6.07) is 12.7. The molecule has 5 heteroatoms. The predicted octanol–water partition coefficient (Wildman–Crippen LogP) is 3.46. The van der Waals surface area contributed by atoms with Gasteiger partial charge >= 0.3 is 0 Å². The molecule has 0 heterocycles. The molecule has 1 amide bonds. The predicted molar refractivity (Wildman–Crippen MR) is 86.2 cm³/mol. The van der Waals surface area contributed by atoms with Crippen LogP contribution in [0.4, 0.5) is 5.69 Å². The molecule has 0 aromatic heterocycles. The second-order valence-corrected chi connectivity index (χ2v) is 5.58. The van der Waals surface area contributed by atoms with Crippen LogP contribution in [0.15, 0.2) is 42.5 Å². The summed E-state index contributed by atoms with van der Waals surface area (Å²) in [5.41, 5.74) is 7.92. The monoisotopic (exact) mass is 386 g/mol. The summed E-state index contributed by atoms with van der Waals surface area (Å²) in [6.07, 6.45) is 0. The highest BCUT2D eigenvalue weighted by Crippen LogP contribution is 2.19. The Hall–Kier alpha value is -1.27. The number of nitrogens with one attached hydrogen (secondary N) is 1. The molecular weight excluding hydrogens is 375 g/mol. The number of rotatable bonds is 3. The largest absolute Gasteiger partial charge is 0.398 e. The van der Waals surface area contributed by atoms with Crippen molar-refractivity contribution in [3.63, 3.8) is 0 Å². The zero-order valence-corrected chi connectivity index (χ0v) is 12.9. The van der Waals surface area contributed by atoms with Crippen molar-refractivity contribution in [1.29, 1.82) is 0 Å². The SMILES string of the molecule is Nc1ccccc1CNC(=O)c1ccc(I)c(Cl)c1. The summed E-state index contributed by atoms with van der Waals surface area (Å²) < 4.78 is 0.920. The van der Waals surface area contributed by atoms with Crippen molar-refractivity contribution < 1.29 is 4.79 Å². The Balaban J connectivity index is 2.05. The molecule has 2 aromatic rings. The van der Waals surface area contributed by atoms with Gasteiger partial charge in [0.15, 0.2) is 0 Å². The summed E-state index contributed by atoms with van der Waals surface area (Å²) in [6.45, 7) is 0.398. The van der Waals surface area contributed by atoms with Gasteiger partial charge in [0.25, 0.3) is 5.91 Å². The third kappa shape index (κ3) is 3.61. The summed E-state index contributed by atoms with van der Waals surface area (Å²) in [4.78, 5) is 12.0. The Morgan fingerprint density at radius 3 is 2.68 bits per heavy atom. The number of benzene rings is 2. The van der Waals surface area contributed by atoms with Crippen molar-refractivity contribution in [2.45, 2.75) is 6.54 Å². The van der Waals surface area contributed by atoms with Crippen molar-refractivity contribution in [2.75, 3.05) is 5.73 Å². The molecule has 0 aliphatic carbocycles. The van der Waals surface area contributed by atoms with Crippen molar-refractivity contribution in [2.24, 2.45) is 0 Å². The maximum Gasteiger partial charge on any atom is 0.251 e. The van der Waals surface area contributed by atoms with E-state index in [9.17, 15) is 4.79 Å². The Labute approximate surface area is 130 Å². The van der Waals surface area contributed by atoms with Gasteiger partial charge in [0.05, 0.1) is 5.02 Å². The van der Waals surface area contributed by atoms with Gasteiger partial charge < -0.3 is 11.1 Å². The van der Waals surface area contributed by atoms with E-state index in [1.54, 1.807) is 12.1 Å². The maximum absolute atomic E-state index is 12.0. The standard InChI is InChI=1S/C14H12ClIN2O/c15-11-7-9(5-6-12(11)16)14(19)18-8-10-3-1-2-4-13(10)17/h1-7H,8,17H2,(H,18,19). The van der Waals surface area contributed by atoms with Gasteiger partial charge in [-0.1, -0.05) is 29.8 Å². The van der Waals surface area contributed by atoms with Gasteiger partial charge in [-0.05, 0) is 52.4 Å². The third-order valence-corrected chi connectivity index (χ3v) is 4.25. The number of carbonyl (C=O) groups excluding carboxylic acids is 1. The van der Waals surface area contributed by atoms with Gasteiger partial charge in [0, 0.05) is 21.4 Å². The Morgan fingerprint density at radius 2 is 2.00 bits per heavy atom. The Bertz CT molecular complexity index is 616. The summed E-state index contributed by atoms with van der Waals surface area (Å²) >= 11 is 8.11. The zero-order valence-electron chi connectivity index (χ0n) is 9.99. The van der Waals surface area contributed by atoms with E-state index >= 15 is 0 Å². The quantitative estimate of drug-likeness (QED) is 0.627. The van der Waals surface area contributed by atoms with Crippen molar-refractivity contribution in [1.82, 2.24) is 5.32 Å². The fraction of sp³-hybridized carbons (Fsp3) is 0.0714. The number of hydrogen-bond acceptors (Lipinski definition) is 2. The highest BCUT2D eigenvalue weighted by molar-refractivity contribution is 14.1. The minimum absolute atomic E-state index is 0.165. The van der Waals surface area contributed by atoms with Crippen LogP contribution in [0.25, 0.3) is 0 Å². The van der Waals surface area contributed by atoms with Crippen molar-refractivity contribution >= 4 is 45.8 Å². The molecule has 0 radical (unpaired) electrons. The van der Waals surface area contributed by atoms with E-state index in [1.165, 1.54) is 0 Å². The molecule has 0 bridgehead atoms. The smallest absolute Gasteiger partial charge is 0.251 e. The average Bonchev–Trinajstić information content (AvgIpc) is 2.40. The summed E-state index contributed by atoms with van der Waals surface area (Å²) in [5, 5.41) is 3.40. The number of halogens is 2. The van der Waals surface area contributed by atoms with Crippen molar-refractivity contribution in [3.05, 3.63) is 62.2 Å². The van der Waals surface area contributed by atoms with Crippen LogP contribution in [0.5, 0.6) is 0 Å². The first-order chi connectivity index (χ1) is 9.08. The lowest BCUT2D eigenvalue weighted by Gasteiger charge is -2.08. The molecule has 2 rings (SSSR count). The van der Waals surface area contributed by atoms with E-state index in [4.69, 9.17) is 17.3 Å². The molecule has 3 N–H and O–H groups in total. The van der Waals surface area contributed by atoms with Crippen LogP contribution in [-0.4, -0.2) is 5.91 Å². The van der Waals surface area contributed by atoms with Crippen LogP contribution in [0.3, 0.4) is 0 Å². The molecule has 19 heavy (non-hydrogen) atoms. The zero-order chi connectivity index (χ0) is 13.8. The Kier molecular flexibility index (Phi) is 4.66. The highest BCUT2D eigenvalue weighted by atomic mass is 127. The lowest BCUT2D eigenvalue weighted by atomic mass is 10.1. The third-order valence-electron chi connectivity index (χ3n) is 2.68. The van der Waals surface area contributed by atoms with E-state index < -0.39 is 0 Å². The minimum Gasteiger partial charge on any atom is -0.398 e. The molecule has 0 atom stereocenters. The van der Waals surface area contributed by atoms with Crippen LogP contribution in [0.2, 0.25) is 5.02 Å². The first-order valence-corrected chi connectivity index (χ1v) is 7.10. The topological polar surface area (TPSA) is 55.1 Å². The maximum atomic E-state index is 12.0. The van der Waals surface area contributed by atoms with Crippen LogP contribution < -0.4 is 11.1 Å². The van der Waals surface area contributed by atoms with E-state index in [2.05, 4.69) is 27.9 Å². The van der Waals surface area contributed by atoms with Gasteiger partial charge in [0.2, 0.25) is 0 Å². The van der Waals surface area contributed by atoms with E-state index in [1.807, 2.05) is 30.3 Å². The van der Waals surface area contributed by atoms with Crippen LogP contribution in [0, 0.1) is 3.57 Å². The molecular formula is C14H12ClIN2O. The number of amides is 1. The molecule has 2 aromatic carbocycles. The van der Waals surface area contributed by atoms with Crippen LogP contribution in [-0.2, 0) is 6.54 Å². The summed E-state index contributed by atoms with van der Waals surface area (Å²) in [7, 11) is 0. The number of nitrogen functional groups attached to an aromatic ring is 1. The minimum atomic E-state index is -0.165. The number of carbonyl (C=O) groups is 1. The number of anilines is 1. The van der Waals surface area contributed by atoms with Crippen LogP contribution in [0.1, 0.15) is 15.9 Å². The molecule has 98 valence electrons. The molecule has 0 saturated heterocycles. The number of hydrogen-bond donors (Lipinski definition) is 2. The lowest BCUT2D eigenvalue weighted by Crippen LogP contribution is -2.23. The normalized spacial score (nSPS) is 10.2. The van der Waals surface area contributed by atoms with Gasteiger partial charge in [-0.3, -0.25) is 4.79 Å². The average molecular weight is 387 g/mol. The van der Waals surface area contributed by atoms with Gasteiger partial charge in [0.1, 0.15) is 0 Å². The molecule has 3 nitrogen and oxygen atoms in total. The van der Waals surface area contributed by atoms with Gasteiger partial charge in [-0.25, -0.2) is 0 Å². The van der Waals surface area contributed by atoms with Crippen molar-refractivity contribution in [3.8, 4) is 0 Å². The first-order valence-electron chi connectivity index (χ1n) is 5.64. The lowest BCUT2D eigenvalue weighted by molar-refractivity contribution is 0.0951. The molecule has 0 spiro atoms. The highest BCUT2D eigenvalue weighted by Gasteiger charge is 2.08. The molecule has 0 fully saturated rings. The number of nitrogens with two attached hydrogens (primary N) is 1. The molecule has 0 aliphatic heterocycles. The molecule has 0 unspecified atom stereocenters. The van der Waals surface area contributed by atoms with E-state index in [0.29, 0.717) is 22.8 Å². The molecule has 0 saturated carbocycles. The van der Waals surface area contributed by atoms with Gasteiger partial charge in [-0.2, -0.15) is 0 Å². The second kappa shape index (κ2) is 6.25. The fourth-order valence-corrected chi connectivity index (χ4v) is 2.13. The number of para-hydroxylation sites is 1. The summed E-state index contributed by atoms with van der Waals surface area (Å²) in [5.74, 6) is -0.165. The fourth-order valence-electron chi connectivity index (χ4n) is 1.61. The van der Waals surface area contributed by atoms with E-state index in [-0.39, 0.29) is 5.91 Å². The van der Waals surface area contributed by atoms with E-state index in [0.717, 1.165) is 9.13 Å². The van der Waals surface area contributed by atoms with Crippen LogP contribution >= 0.6 is 34.2 Å². The first kappa shape index (κ1) is 14.1. The second-order valence-electron chi connectivity index (χ2n) is 4.01.